The van der Waals surface area contributed by atoms with Crippen LogP contribution in [-0.2, 0) is 0 Å². The maximum absolute atomic E-state index is 13.0. The van der Waals surface area contributed by atoms with Crippen molar-refractivity contribution in [2.45, 2.75) is 32.1 Å². The lowest BCUT2D eigenvalue weighted by molar-refractivity contribution is 0.125. The predicted octanol–water partition coefficient (Wildman–Crippen LogP) is 4.33. The normalized spacial score (nSPS) is 12.2. The summed E-state index contributed by atoms with van der Waals surface area (Å²) in [6, 6.07) is 9.89. The van der Waals surface area contributed by atoms with Crippen molar-refractivity contribution in [3.05, 3.63) is 58.9 Å². The summed E-state index contributed by atoms with van der Waals surface area (Å²) in [5.41, 5.74) is 3.91. The Kier molecular flexibility index (Phi) is 6.13. The molecule has 0 amide bonds. The largest absolute Gasteiger partial charge is 0.490 e. The Morgan fingerprint density at radius 3 is 2.52 bits per heavy atom. The van der Waals surface area contributed by atoms with E-state index >= 15 is 0 Å². The van der Waals surface area contributed by atoms with E-state index < -0.39 is 6.10 Å². The monoisotopic (exact) mass is 388 g/mol. The number of aliphatic hydroxyl groups is 1. The van der Waals surface area contributed by atoms with E-state index in [0.717, 1.165) is 22.4 Å². The van der Waals surface area contributed by atoms with E-state index in [0.29, 0.717) is 22.4 Å². The van der Waals surface area contributed by atoms with E-state index in [1.807, 2.05) is 26.8 Å². The van der Waals surface area contributed by atoms with Crippen molar-refractivity contribution < 1.29 is 18.7 Å². The quantitative estimate of drug-likeness (QED) is 0.608. The van der Waals surface area contributed by atoms with E-state index in [9.17, 15) is 9.50 Å². The van der Waals surface area contributed by atoms with Gasteiger partial charge in [0.05, 0.1) is 6.10 Å². The third-order valence-electron chi connectivity index (χ3n) is 4.19. The highest BCUT2D eigenvalue weighted by atomic mass is 32.2. The standard InChI is InChI=1S/C20H21FN2O3S/c1-12-4-5-13(2)18(14(12)3)25-10-17(24)11-27-20-23-22-19(26-20)15-6-8-16(21)9-7-15/h4-9,17,24H,10-11H2,1-3H3/t17-/m1/s1. The van der Waals surface area contributed by atoms with Crippen molar-refractivity contribution in [2.75, 3.05) is 12.4 Å². The molecular formula is C20H21FN2O3S. The molecule has 7 heteroatoms. The second-order valence-electron chi connectivity index (χ2n) is 6.31. The summed E-state index contributed by atoms with van der Waals surface area (Å²) < 4.78 is 24.3. The van der Waals surface area contributed by atoms with Gasteiger partial charge in [-0.3, -0.25) is 0 Å². The smallest absolute Gasteiger partial charge is 0.276 e. The highest BCUT2D eigenvalue weighted by Gasteiger charge is 2.14. The van der Waals surface area contributed by atoms with Gasteiger partial charge in [0.25, 0.3) is 5.22 Å². The van der Waals surface area contributed by atoms with E-state index in [1.54, 1.807) is 12.1 Å². The van der Waals surface area contributed by atoms with Crippen molar-refractivity contribution in [3.8, 4) is 17.2 Å². The second-order valence-corrected chi connectivity index (χ2v) is 7.28. The molecule has 0 aliphatic rings. The molecule has 142 valence electrons. The Bertz CT molecular complexity index is 912. The van der Waals surface area contributed by atoms with Crippen molar-refractivity contribution in [2.24, 2.45) is 0 Å². The number of hydrogen-bond donors (Lipinski definition) is 1. The van der Waals surface area contributed by atoms with Crippen LogP contribution in [0.2, 0.25) is 0 Å². The van der Waals surface area contributed by atoms with Crippen molar-refractivity contribution in [1.29, 1.82) is 0 Å². The summed E-state index contributed by atoms with van der Waals surface area (Å²) in [4.78, 5) is 0. The van der Waals surface area contributed by atoms with Crippen LogP contribution >= 0.6 is 11.8 Å². The molecule has 0 aliphatic carbocycles. The van der Waals surface area contributed by atoms with Crippen LogP contribution in [0.4, 0.5) is 4.39 Å². The Hall–Kier alpha value is -2.38. The molecule has 0 aliphatic heterocycles. The predicted molar refractivity (Wildman–Crippen MR) is 103 cm³/mol. The molecule has 1 heterocycles. The first-order valence-corrected chi connectivity index (χ1v) is 9.52. The van der Waals surface area contributed by atoms with Crippen LogP contribution in [0.15, 0.2) is 46.0 Å². The first-order chi connectivity index (χ1) is 12.9. The summed E-state index contributed by atoms with van der Waals surface area (Å²) in [6.45, 7) is 6.20. The maximum Gasteiger partial charge on any atom is 0.276 e. The average Bonchev–Trinajstić information content (AvgIpc) is 3.13. The summed E-state index contributed by atoms with van der Waals surface area (Å²) >= 11 is 1.25. The van der Waals surface area contributed by atoms with Gasteiger partial charge in [-0.1, -0.05) is 23.9 Å². The van der Waals surface area contributed by atoms with Crippen molar-refractivity contribution in [1.82, 2.24) is 10.2 Å². The van der Waals surface area contributed by atoms with E-state index in [2.05, 4.69) is 16.3 Å². The van der Waals surface area contributed by atoms with Crippen LogP contribution in [0.1, 0.15) is 16.7 Å². The number of hydrogen-bond acceptors (Lipinski definition) is 6. The van der Waals surface area contributed by atoms with Crippen molar-refractivity contribution in [3.63, 3.8) is 0 Å². The number of halogens is 1. The molecule has 1 aromatic heterocycles. The molecule has 1 N–H and O–H groups in total. The number of benzene rings is 2. The molecule has 27 heavy (non-hydrogen) atoms. The fourth-order valence-electron chi connectivity index (χ4n) is 2.52. The first kappa shape index (κ1) is 19.4. The molecule has 5 nitrogen and oxygen atoms in total. The first-order valence-electron chi connectivity index (χ1n) is 8.54. The number of aliphatic hydroxyl groups excluding tert-OH is 1. The molecule has 3 aromatic rings. The van der Waals surface area contributed by atoms with Gasteiger partial charge >= 0.3 is 0 Å². The SMILES string of the molecule is Cc1ccc(C)c(OC[C@@H](O)CSc2nnc(-c3ccc(F)cc3)o2)c1C. The average molecular weight is 388 g/mol. The molecule has 0 saturated carbocycles. The maximum atomic E-state index is 13.0. The zero-order chi connectivity index (χ0) is 19.4. The van der Waals surface area contributed by atoms with Crippen LogP contribution in [0.5, 0.6) is 5.75 Å². The third-order valence-corrected chi connectivity index (χ3v) is 5.15. The summed E-state index contributed by atoms with van der Waals surface area (Å²) in [5.74, 6) is 1.16. The number of aryl methyl sites for hydroxylation is 2. The zero-order valence-electron chi connectivity index (χ0n) is 15.4. The minimum absolute atomic E-state index is 0.178. The van der Waals surface area contributed by atoms with Gasteiger partial charge < -0.3 is 14.3 Å². The van der Waals surface area contributed by atoms with Crippen LogP contribution in [0.3, 0.4) is 0 Å². The van der Waals surface area contributed by atoms with Crippen LogP contribution in [-0.4, -0.2) is 33.8 Å². The van der Waals surface area contributed by atoms with E-state index in [-0.39, 0.29) is 12.4 Å². The zero-order valence-corrected chi connectivity index (χ0v) is 16.2. The van der Waals surface area contributed by atoms with Gasteiger partial charge in [-0.2, -0.15) is 0 Å². The molecule has 1 atom stereocenters. The fraction of sp³-hybridized carbons (Fsp3) is 0.300. The van der Waals surface area contributed by atoms with Gasteiger partial charge in [0, 0.05) is 11.3 Å². The van der Waals surface area contributed by atoms with Crippen LogP contribution < -0.4 is 4.74 Å². The molecule has 3 rings (SSSR count). The molecule has 0 radical (unpaired) electrons. The highest BCUT2D eigenvalue weighted by Crippen LogP contribution is 2.27. The van der Waals surface area contributed by atoms with Gasteiger partial charge in [0.15, 0.2) is 0 Å². The molecule has 0 spiro atoms. The van der Waals surface area contributed by atoms with E-state index in [1.165, 1.54) is 23.9 Å². The lowest BCUT2D eigenvalue weighted by atomic mass is 10.1. The van der Waals surface area contributed by atoms with Gasteiger partial charge in [0.1, 0.15) is 18.2 Å². The topological polar surface area (TPSA) is 68.4 Å². The summed E-state index contributed by atoms with van der Waals surface area (Å²) in [6.07, 6.45) is -0.685. The number of thioether (sulfide) groups is 1. The van der Waals surface area contributed by atoms with Gasteiger partial charge in [-0.15, -0.1) is 10.2 Å². The molecule has 0 fully saturated rings. The van der Waals surface area contributed by atoms with Gasteiger partial charge in [-0.05, 0) is 61.7 Å². The lowest BCUT2D eigenvalue weighted by Crippen LogP contribution is -2.20. The third kappa shape index (κ3) is 4.87. The number of nitrogens with zero attached hydrogens (tertiary/aromatic N) is 2. The fourth-order valence-corrected chi connectivity index (χ4v) is 3.19. The van der Waals surface area contributed by atoms with Crippen molar-refractivity contribution >= 4 is 11.8 Å². The second kappa shape index (κ2) is 8.54. The molecule has 0 unspecified atom stereocenters. The number of ether oxygens (including phenoxy) is 1. The summed E-state index contributed by atoms with van der Waals surface area (Å²) in [5, 5.41) is 18.4. The molecule has 0 bridgehead atoms. The highest BCUT2D eigenvalue weighted by molar-refractivity contribution is 7.99. The molecule has 0 saturated heterocycles. The minimum atomic E-state index is -0.685. The minimum Gasteiger partial charge on any atom is -0.490 e. The Balaban J connectivity index is 1.53. The number of rotatable bonds is 7. The number of aromatic nitrogens is 2. The Morgan fingerprint density at radius 2 is 1.78 bits per heavy atom. The lowest BCUT2D eigenvalue weighted by Gasteiger charge is -2.16. The Labute approximate surface area is 161 Å². The summed E-state index contributed by atoms with van der Waals surface area (Å²) in [7, 11) is 0. The van der Waals surface area contributed by atoms with Crippen LogP contribution in [0.25, 0.3) is 11.5 Å². The molecule has 2 aromatic carbocycles. The molecular weight excluding hydrogens is 367 g/mol. The van der Waals surface area contributed by atoms with Gasteiger partial charge in [0.2, 0.25) is 5.89 Å². The van der Waals surface area contributed by atoms with Crippen LogP contribution in [0, 0.1) is 26.6 Å². The van der Waals surface area contributed by atoms with E-state index in [4.69, 9.17) is 9.15 Å². The Morgan fingerprint density at radius 1 is 1.07 bits per heavy atom. The van der Waals surface area contributed by atoms with Gasteiger partial charge in [-0.25, -0.2) is 4.39 Å².